The van der Waals surface area contributed by atoms with Crippen molar-refractivity contribution < 1.29 is 34.0 Å². The van der Waals surface area contributed by atoms with Gasteiger partial charge in [-0.05, 0) is 12.5 Å². The van der Waals surface area contributed by atoms with Crippen LogP contribution in [0.1, 0.15) is 42.1 Å². The van der Waals surface area contributed by atoms with Crippen LogP contribution < -0.4 is 9.47 Å². The van der Waals surface area contributed by atoms with Gasteiger partial charge in [0.25, 0.3) is 5.79 Å². The minimum atomic E-state index is -1.59. The van der Waals surface area contributed by atoms with E-state index in [0.29, 0.717) is 6.42 Å². The van der Waals surface area contributed by atoms with Gasteiger partial charge >= 0.3 is 5.97 Å². The van der Waals surface area contributed by atoms with E-state index in [1.165, 1.54) is 20.3 Å². The molecule has 0 aliphatic carbocycles. The number of methoxy groups -OCH3 is 2. The zero-order valence-corrected chi connectivity index (χ0v) is 13.3. The molecular formula is C16H20O7. The number of hydrogen-bond acceptors (Lipinski definition) is 7. The minimum absolute atomic E-state index is 0.0397. The van der Waals surface area contributed by atoms with Crippen molar-refractivity contribution in [2.45, 2.75) is 44.2 Å². The first kappa shape index (κ1) is 15.9. The lowest BCUT2D eigenvalue weighted by Crippen LogP contribution is -2.36. The van der Waals surface area contributed by atoms with Crippen LogP contribution in [0.25, 0.3) is 0 Å². The zero-order chi connectivity index (χ0) is 16.8. The normalized spacial score (nSPS) is 28.8. The van der Waals surface area contributed by atoms with Crippen molar-refractivity contribution >= 4 is 5.97 Å². The number of fused-ring (bicyclic) bond motifs is 2. The fraction of sp³-hybridized carbons (Fsp3) is 0.562. The number of benzene rings is 1. The number of phenols is 1. The van der Waals surface area contributed by atoms with E-state index in [2.05, 4.69) is 0 Å². The summed E-state index contributed by atoms with van der Waals surface area (Å²) in [4.78, 5) is 12.3. The topological polar surface area (TPSA) is 94.5 Å². The molecule has 1 aromatic carbocycles. The van der Waals surface area contributed by atoms with Crippen LogP contribution in [-0.4, -0.2) is 42.6 Å². The van der Waals surface area contributed by atoms with E-state index in [1.54, 1.807) is 0 Å². The van der Waals surface area contributed by atoms with Crippen molar-refractivity contribution in [3.05, 3.63) is 17.2 Å². The molecule has 0 aromatic heterocycles. The highest BCUT2D eigenvalue weighted by Crippen LogP contribution is 2.53. The van der Waals surface area contributed by atoms with Gasteiger partial charge in [-0.15, -0.1) is 0 Å². The van der Waals surface area contributed by atoms with Crippen molar-refractivity contribution in [1.82, 2.24) is 0 Å². The Hall–Kier alpha value is -1.99. The van der Waals surface area contributed by atoms with Gasteiger partial charge < -0.3 is 29.2 Å². The number of aliphatic hydroxyl groups excluding tert-OH is 1. The van der Waals surface area contributed by atoms with Gasteiger partial charge in [-0.2, -0.15) is 0 Å². The molecule has 0 amide bonds. The maximum absolute atomic E-state index is 12.3. The van der Waals surface area contributed by atoms with Crippen molar-refractivity contribution in [2.24, 2.45) is 0 Å². The predicted octanol–water partition coefficient (Wildman–Crippen LogP) is 1.68. The Kier molecular flexibility index (Phi) is 3.85. The average Bonchev–Trinajstić information content (AvgIpc) is 2.97. The van der Waals surface area contributed by atoms with E-state index in [4.69, 9.17) is 18.9 Å². The quantitative estimate of drug-likeness (QED) is 0.814. The Morgan fingerprint density at radius 1 is 1.39 bits per heavy atom. The van der Waals surface area contributed by atoms with E-state index in [0.717, 1.165) is 12.8 Å². The van der Waals surface area contributed by atoms with Gasteiger partial charge in [-0.3, -0.25) is 0 Å². The highest BCUT2D eigenvalue weighted by atomic mass is 16.7. The lowest BCUT2D eigenvalue weighted by atomic mass is 9.95. The summed E-state index contributed by atoms with van der Waals surface area (Å²) in [5.41, 5.74) is 0.211. The van der Waals surface area contributed by atoms with Gasteiger partial charge in [0.05, 0.1) is 20.3 Å². The van der Waals surface area contributed by atoms with Gasteiger partial charge in [-0.1, -0.05) is 13.3 Å². The van der Waals surface area contributed by atoms with Crippen LogP contribution in [0.4, 0.5) is 0 Å². The molecule has 7 nitrogen and oxygen atoms in total. The van der Waals surface area contributed by atoms with Crippen LogP contribution in [0.3, 0.4) is 0 Å². The summed E-state index contributed by atoms with van der Waals surface area (Å²) >= 11 is 0. The van der Waals surface area contributed by atoms with Crippen molar-refractivity contribution in [3.63, 3.8) is 0 Å². The molecule has 0 radical (unpaired) electrons. The fourth-order valence-electron chi connectivity index (χ4n) is 3.31. The number of carbonyl (C=O) groups is 1. The van der Waals surface area contributed by atoms with Gasteiger partial charge in [0.2, 0.25) is 5.75 Å². The molecule has 3 atom stereocenters. The Morgan fingerprint density at radius 2 is 2.13 bits per heavy atom. The SMILES string of the molecule is CCC[C@H]1C[C@H](O)[C@@]2(OC(=O)c3c2cc(OC)c(OC)c3O)O1. The third-order valence-electron chi connectivity index (χ3n) is 4.35. The van der Waals surface area contributed by atoms with Crippen LogP contribution in [0.15, 0.2) is 6.07 Å². The predicted molar refractivity (Wildman–Crippen MR) is 78.7 cm³/mol. The summed E-state index contributed by atoms with van der Waals surface area (Å²) in [6, 6.07) is 1.51. The number of carbonyl (C=O) groups excluding carboxylic acids is 1. The van der Waals surface area contributed by atoms with E-state index in [-0.39, 0.29) is 34.5 Å². The summed E-state index contributed by atoms with van der Waals surface area (Å²) in [7, 11) is 2.78. The summed E-state index contributed by atoms with van der Waals surface area (Å²) in [6.07, 6.45) is 0.747. The first-order valence-electron chi connectivity index (χ1n) is 7.56. The second kappa shape index (κ2) is 5.58. The Morgan fingerprint density at radius 3 is 2.74 bits per heavy atom. The van der Waals surface area contributed by atoms with Crippen LogP contribution in [-0.2, 0) is 15.3 Å². The molecule has 2 aliphatic rings. The van der Waals surface area contributed by atoms with Crippen molar-refractivity contribution in [1.29, 1.82) is 0 Å². The lowest BCUT2D eigenvalue weighted by Gasteiger charge is -2.27. The Labute approximate surface area is 133 Å². The van der Waals surface area contributed by atoms with Gasteiger partial charge in [0.15, 0.2) is 11.5 Å². The first-order valence-corrected chi connectivity index (χ1v) is 7.56. The van der Waals surface area contributed by atoms with Crippen LogP contribution in [0.2, 0.25) is 0 Å². The molecule has 1 aromatic rings. The standard InChI is InChI=1S/C16H20O7/c1-4-5-8-6-11(17)16(22-8)9-7-10(20-2)14(21-3)13(18)12(9)15(19)23-16/h7-8,11,17-18H,4-6H2,1-3H3/t8-,11-,16+/m0/s1. The average molecular weight is 324 g/mol. The van der Waals surface area contributed by atoms with Gasteiger partial charge in [-0.25, -0.2) is 4.79 Å². The smallest absolute Gasteiger partial charge is 0.345 e. The Balaban J connectivity index is 2.14. The molecule has 2 N–H and O–H groups in total. The summed E-state index contributed by atoms with van der Waals surface area (Å²) in [5, 5.41) is 20.8. The maximum Gasteiger partial charge on any atom is 0.345 e. The van der Waals surface area contributed by atoms with Crippen LogP contribution >= 0.6 is 0 Å². The van der Waals surface area contributed by atoms with E-state index in [9.17, 15) is 15.0 Å². The van der Waals surface area contributed by atoms with Gasteiger partial charge in [0, 0.05) is 12.0 Å². The molecule has 7 heteroatoms. The second-order valence-corrected chi connectivity index (χ2v) is 5.72. The molecule has 1 saturated heterocycles. The molecule has 0 unspecified atom stereocenters. The molecule has 2 aliphatic heterocycles. The number of aromatic hydroxyl groups is 1. The lowest BCUT2D eigenvalue weighted by molar-refractivity contribution is -0.228. The maximum atomic E-state index is 12.3. The van der Waals surface area contributed by atoms with Crippen LogP contribution in [0.5, 0.6) is 17.2 Å². The highest BCUT2D eigenvalue weighted by molar-refractivity contribution is 5.99. The first-order chi connectivity index (χ1) is 11.0. The summed E-state index contributed by atoms with van der Waals surface area (Å²) < 4.78 is 21.5. The zero-order valence-electron chi connectivity index (χ0n) is 13.3. The summed E-state index contributed by atoms with van der Waals surface area (Å²) in [6.45, 7) is 2.01. The van der Waals surface area contributed by atoms with E-state index in [1.807, 2.05) is 6.92 Å². The number of esters is 1. The molecule has 2 heterocycles. The molecule has 23 heavy (non-hydrogen) atoms. The third-order valence-corrected chi connectivity index (χ3v) is 4.35. The molecule has 0 saturated carbocycles. The van der Waals surface area contributed by atoms with E-state index >= 15 is 0 Å². The monoisotopic (exact) mass is 324 g/mol. The number of ether oxygens (including phenoxy) is 4. The third kappa shape index (κ3) is 2.14. The van der Waals surface area contributed by atoms with Crippen molar-refractivity contribution in [3.8, 4) is 17.2 Å². The molecule has 3 rings (SSSR count). The Bertz CT molecular complexity index is 642. The minimum Gasteiger partial charge on any atom is -0.504 e. The fourth-order valence-corrected chi connectivity index (χ4v) is 3.31. The van der Waals surface area contributed by atoms with Crippen LogP contribution in [0, 0.1) is 0 Å². The number of phenolic OH excluding ortho intramolecular Hbond substituents is 1. The molecule has 0 bridgehead atoms. The largest absolute Gasteiger partial charge is 0.504 e. The number of hydrogen-bond donors (Lipinski definition) is 2. The molecular weight excluding hydrogens is 304 g/mol. The number of rotatable bonds is 4. The second-order valence-electron chi connectivity index (χ2n) is 5.72. The van der Waals surface area contributed by atoms with Gasteiger partial charge in [0.1, 0.15) is 11.7 Å². The highest BCUT2D eigenvalue weighted by Gasteiger charge is 2.59. The molecule has 126 valence electrons. The van der Waals surface area contributed by atoms with Crippen molar-refractivity contribution in [2.75, 3.05) is 14.2 Å². The molecule has 1 fully saturated rings. The van der Waals surface area contributed by atoms with E-state index < -0.39 is 17.9 Å². The molecule has 1 spiro atoms. The number of aliphatic hydroxyl groups is 1. The summed E-state index contributed by atoms with van der Waals surface area (Å²) in [5.74, 6) is -2.45.